The van der Waals surface area contributed by atoms with Gasteiger partial charge in [-0.15, -0.1) is 0 Å². The molecule has 2 aromatic carbocycles. The maximum atomic E-state index is 13.9. The zero-order chi connectivity index (χ0) is 27.0. The molecule has 1 aliphatic rings. The Balaban J connectivity index is 1.77. The topological polar surface area (TPSA) is 95.0 Å². The standard InChI is InChI=1S/C24H26F4N2O5S/c1-14-6-18(11-23(32)33)8-19(7-14)36(34,35)30-15(2)12-29(13-16(30)3)22(31)10-17-4-5-20(21(25)9-17)24(26,27)28/h4-9,15-16H,10-13H2,1-3H3,(H,32,33)/t15-,16?/m0/s1. The molecule has 0 bridgehead atoms. The van der Waals surface area contributed by atoms with Gasteiger partial charge < -0.3 is 10.0 Å². The van der Waals surface area contributed by atoms with E-state index in [1.54, 1.807) is 26.8 Å². The number of piperazine rings is 1. The van der Waals surface area contributed by atoms with Crippen molar-refractivity contribution in [2.75, 3.05) is 13.1 Å². The molecule has 3 rings (SSSR count). The number of rotatable bonds is 6. The third kappa shape index (κ3) is 6.04. The van der Waals surface area contributed by atoms with Crippen LogP contribution in [0.4, 0.5) is 17.6 Å². The van der Waals surface area contributed by atoms with E-state index in [2.05, 4.69) is 0 Å². The molecule has 1 amide bonds. The lowest BCUT2D eigenvalue weighted by Crippen LogP contribution is -2.59. The van der Waals surface area contributed by atoms with Crippen molar-refractivity contribution < 1.29 is 40.7 Å². The molecule has 1 unspecified atom stereocenters. The van der Waals surface area contributed by atoms with E-state index in [9.17, 15) is 35.6 Å². The molecule has 0 radical (unpaired) electrons. The number of alkyl halides is 3. The summed E-state index contributed by atoms with van der Waals surface area (Å²) < 4.78 is 80.4. The highest BCUT2D eigenvalue weighted by atomic mass is 32.2. The van der Waals surface area contributed by atoms with Gasteiger partial charge in [-0.25, -0.2) is 12.8 Å². The molecule has 2 atom stereocenters. The molecule has 36 heavy (non-hydrogen) atoms. The molecule has 1 N–H and O–H groups in total. The van der Waals surface area contributed by atoms with Crippen LogP contribution < -0.4 is 0 Å². The van der Waals surface area contributed by atoms with Crippen molar-refractivity contribution in [3.8, 4) is 0 Å². The van der Waals surface area contributed by atoms with E-state index in [1.165, 1.54) is 21.3 Å². The van der Waals surface area contributed by atoms with Gasteiger partial charge in [-0.1, -0.05) is 12.1 Å². The molecule has 0 aliphatic carbocycles. The second kappa shape index (κ2) is 10.2. The van der Waals surface area contributed by atoms with Crippen LogP contribution >= 0.6 is 0 Å². The van der Waals surface area contributed by atoms with Gasteiger partial charge in [0, 0.05) is 25.2 Å². The predicted molar refractivity (Wildman–Crippen MR) is 122 cm³/mol. The first-order chi connectivity index (χ1) is 16.6. The molecule has 2 aromatic rings. The number of benzene rings is 2. The molecule has 7 nitrogen and oxygen atoms in total. The van der Waals surface area contributed by atoms with E-state index < -0.39 is 51.5 Å². The Morgan fingerprint density at radius 2 is 1.61 bits per heavy atom. The van der Waals surface area contributed by atoms with Crippen LogP contribution in [0.15, 0.2) is 41.3 Å². The fourth-order valence-corrected chi connectivity index (χ4v) is 6.50. The fourth-order valence-electron chi connectivity index (χ4n) is 4.54. The Labute approximate surface area is 206 Å². The first-order valence-corrected chi connectivity index (χ1v) is 12.5. The van der Waals surface area contributed by atoms with Gasteiger partial charge in [0.1, 0.15) is 5.82 Å². The molecule has 1 fully saturated rings. The Bertz CT molecular complexity index is 1270. The van der Waals surface area contributed by atoms with E-state index in [-0.39, 0.29) is 36.4 Å². The highest BCUT2D eigenvalue weighted by Crippen LogP contribution is 2.32. The maximum Gasteiger partial charge on any atom is 0.419 e. The first kappa shape index (κ1) is 27.6. The molecule has 1 heterocycles. The van der Waals surface area contributed by atoms with Crippen LogP contribution in [0.3, 0.4) is 0 Å². The minimum Gasteiger partial charge on any atom is -0.481 e. The number of amides is 1. The van der Waals surface area contributed by atoms with Crippen molar-refractivity contribution in [3.05, 3.63) is 64.5 Å². The van der Waals surface area contributed by atoms with Gasteiger partial charge in [0.25, 0.3) is 0 Å². The number of carboxylic acids is 1. The summed E-state index contributed by atoms with van der Waals surface area (Å²) in [5.74, 6) is -3.03. The lowest BCUT2D eigenvalue weighted by molar-refractivity contribution is -0.140. The molecule has 196 valence electrons. The van der Waals surface area contributed by atoms with Crippen LogP contribution in [0.1, 0.15) is 36.1 Å². The Kier molecular flexibility index (Phi) is 7.80. The highest BCUT2D eigenvalue weighted by molar-refractivity contribution is 7.89. The lowest BCUT2D eigenvalue weighted by atomic mass is 10.1. The van der Waals surface area contributed by atoms with Gasteiger partial charge >= 0.3 is 12.1 Å². The minimum absolute atomic E-state index is 0.0271. The van der Waals surface area contributed by atoms with Gasteiger partial charge in [-0.2, -0.15) is 17.5 Å². The van der Waals surface area contributed by atoms with Crippen molar-refractivity contribution >= 4 is 21.9 Å². The van der Waals surface area contributed by atoms with Gasteiger partial charge in [-0.3, -0.25) is 9.59 Å². The number of halogens is 4. The molecule has 0 aromatic heterocycles. The van der Waals surface area contributed by atoms with E-state index in [0.29, 0.717) is 23.3 Å². The second-order valence-corrected chi connectivity index (χ2v) is 10.9. The first-order valence-electron chi connectivity index (χ1n) is 11.1. The van der Waals surface area contributed by atoms with Gasteiger partial charge in [0.05, 0.1) is 23.3 Å². The number of nitrogens with zero attached hydrogens (tertiary/aromatic N) is 2. The van der Waals surface area contributed by atoms with E-state index in [4.69, 9.17) is 5.11 Å². The Hall–Kier alpha value is -2.99. The van der Waals surface area contributed by atoms with Crippen LogP contribution in [-0.4, -0.2) is 59.8 Å². The second-order valence-electron chi connectivity index (χ2n) is 9.05. The van der Waals surface area contributed by atoms with Gasteiger partial charge in [-0.05, 0) is 61.7 Å². The monoisotopic (exact) mass is 530 g/mol. The van der Waals surface area contributed by atoms with Crippen LogP contribution in [0, 0.1) is 12.7 Å². The highest BCUT2D eigenvalue weighted by Gasteiger charge is 2.40. The van der Waals surface area contributed by atoms with Gasteiger partial charge in [0.15, 0.2) is 0 Å². The van der Waals surface area contributed by atoms with Crippen LogP contribution in [0.5, 0.6) is 0 Å². The summed E-state index contributed by atoms with van der Waals surface area (Å²) in [6.45, 7) is 4.97. The summed E-state index contributed by atoms with van der Waals surface area (Å²) >= 11 is 0. The summed E-state index contributed by atoms with van der Waals surface area (Å²) in [4.78, 5) is 25.3. The largest absolute Gasteiger partial charge is 0.481 e. The molecule has 12 heteroatoms. The van der Waals surface area contributed by atoms with Crippen LogP contribution in [0.2, 0.25) is 0 Å². The number of aryl methyl sites for hydroxylation is 1. The van der Waals surface area contributed by atoms with Crippen molar-refractivity contribution in [3.63, 3.8) is 0 Å². The normalized spacial score (nSPS) is 19.4. The lowest BCUT2D eigenvalue weighted by Gasteiger charge is -2.43. The zero-order valence-corrected chi connectivity index (χ0v) is 20.7. The van der Waals surface area contributed by atoms with Gasteiger partial charge in [0.2, 0.25) is 15.9 Å². The predicted octanol–water partition coefficient (Wildman–Crippen LogP) is 3.63. The summed E-state index contributed by atoms with van der Waals surface area (Å²) in [6, 6.07) is 5.41. The summed E-state index contributed by atoms with van der Waals surface area (Å²) in [7, 11) is -4.03. The fraction of sp³-hybridized carbons (Fsp3) is 0.417. The van der Waals surface area contributed by atoms with E-state index >= 15 is 0 Å². The molecular formula is C24H26F4N2O5S. The van der Waals surface area contributed by atoms with Crippen LogP contribution in [0.25, 0.3) is 0 Å². The average molecular weight is 531 g/mol. The quantitative estimate of drug-likeness (QED) is 0.576. The number of carbonyl (C=O) groups is 2. The molecule has 1 aliphatic heterocycles. The molecule has 1 saturated heterocycles. The van der Waals surface area contributed by atoms with Crippen molar-refractivity contribution in [1.29, 1.82) is 0 Å². The Morgan fingerprint density at radius 3 is 2.14 bits per heavy atom. The minimum atomic E-state index is -4.84. The third-order valence-electron chi connectivity index (χ3n) is 5.93. The number of hydrogen-bond donors (Lipinski definition) is 1. The molecule has 0 spiro atoms. The zero-order valence-electron chi connectivity index (χ0n) is 19.8. The number of aliphatic carboxylic acids is 1. The summed E-state index contributed by atoms with van der Waals surface area (Å²) in [5.41, 5.74) is -0.404. The average Bonchev–Trinajstić information content (AvgIpc) is 2.71. The van der Waals surface area contributed by atoms with Crippen LogP contribution in [-0.2, 0) is 38.6 Å². The molecular weight excluding hydrogens is 504 g/mol. The van der Waals surface area contributed by atoms with Crippen molar-refractivity contribution in [1.82, 2.24) is 9.21 Å². The smallest absolute Gasteiger partial charge is 0.419 e. The SMILES string of the molecule is Cc1cc(CC(=O)O)cc(S(=O)(=O)N2C(C)CN(C(=O)Cc3ccc(C(F)(F)F)c(F)c3)C[C@@H]2C)c1. The number of carboxylic acid groups (broad SMARTS) is 1. The number of sulfonamides is 1. The summed E-state index contributed by atoms with van der Waals surface area (Å²) in [5, 5.41) is 9.07. The van der Waals surface area contributed by atoms with E-state index in [0.717, 1.165) is 6.07 Å². The Morgan fingerprint density at radius 1 is 1.00 bits per heavy atom. The summed E-state index contributed by atoms with van der Waals surface area (Å²) in [6.07, 6.45) is -5.51. The molecule has 0 saturated carbocycles. The maximum absolute atomic E-state index is 13.9. The van der Waals surface area contributed by atoms with Crippen molar-refractivity contribution in [2.24, 2.45) is 0 Å². The third-order valence-corrected chi connectivity index (χ3v) is 8.03. The number of hydrogen-bond acceptors (Lipinski definition) is 4. The van der Waals surface area contributed by atoms with Crippen molar-refractivity contribution in [2.45, 2.75) is 56.8 Å². The van der Waals surface area contributed by atoms with E-state index in [1.807, 2.05) is 0 Å². The number of carbonyl (C=O) groups excluding carboxylic acids is 1.